The van der Waals surface area contributed by atoms with E-state index in [9.17, 15) is 29.1 Å². The normalized spacial score (nSPS) is 18.3. The van der Waals surface area contributed by atoms with E-state index < -0.39 is 71.0 Å². The first-order valence-corrected chi connectivity index (χ1v) is 15.4. The molecule has 1 fully saturated rings. The number of benzene rings is 2. The van der Waals surface area contributed by atoms with Crippen molar-refractivity contribution in [3.8, 4) is 0 Å². The lowest BCUT2D eigenvalue weighted by Gasteiger charge is -2.37. The maximum absolute atomic E-state index is 14.1. The van der Waals surface area contributed by atoms with Gasteiger partial charge in [-0.3, -0.25) is 19.3 Å². The van der Waals surface area contributed by atoms with Crippen molar-refractivity contribution in [1.29, 1.82) is 0 Å². The predicted octanol–water partition coefficient (Wildman–Crippen LogP) is 4.02. The molecule has 14 nitrogen and oxygen atoms in total. The van der Waals surface area contributed by atoms with Crippen LogP contribution in [0.25, 0.3) is 21.2 Å². The molecule has 0 aliphatic carbocycles. The second-order valence-corrected chi connectivity index (χ2v) is 14.0. The maximum Gasteiger partial charge on any atom is 0.410 e. The van der Waals surface area contributed by atoms with Crippen molar-refractivity contribution in [3.05, 3.63) is 58.5 Å². The van der Waals surface area contributed by atoms with E-state index in [0.717, 1.165) is 15.7 Å². The molecular formula is C33H45N7O7. The first-order chi connectivity index (χ1) is 21.8. The molecule has 254 valence electrons. The summed E-state index contributed by atoms with van der Waals surface area (Å²) in [4.78, 5) is 71.1. The van der Waals surface area contributed by atoms with Crippen molar-refractivity contribution in [3.63, 3.8) is 0 Å². The summed E-state index contributed by atoms with van der Waals surface area (Å²) >= 11 is 0. The highest BCUT2D eigenvalue weighted by Gasteiger charge is 2.46. The molecule has 47 heavy (non-hydrogen) atoms. The summed E-state index contributed by atoms with van der Waals surface area (Å²) in [6.45, 7) is 11.7. The molecule has 14 heteroatoms. The monoisotopic (exact) mass is 651 g/mol. The van der Waals surface area contributed by atoms with Crippen molar-refractivity contribution in [1.82, 2.24) is 20.4 Å². The standard InChI is InChI=1S/C33H45N7O7/c1-19(39(8)31(46)47-33(5,6)7)27(41)36-26(32(2,3)4)29(43)40-18-23(37-38-34)17-25(40)28(42)35-24(30(44)45)16-20-13-14-21-11-9-10-12-22(21)15-20/h9-15,19,23-26H,16-18H2,1-8H3,(H,35,42)(H,36,41)(H,44,45)/t19-,23-,24?,25-,26+/m0/s1. The number of aliphatic carboxylic acids is 1. The molecule has 1 heterocycles. The second-order valence-electron chi connectivity index (χ2n) is 14.0. The number of azide groups is 1. The van der Waals surface area contributed by atoms with Crippen molar-refractivity contribution in [2.45, 2.75) is 97.1 Å². The highest BCUT2D eigenvalue weighted by Crippen LogP contribution is 2.28. The molecule has 0 saturated carbocycles. The Bertz CT molecular complexity index is 1560. The van der Waals surface area contributed by atoms with Crippen LogP contribution in [-0.2, 0) is 30.3 Å². The minimum absolute atomic E-state index is 0.00389. The largest absolute Gasteiger partial charge is 0.480 e. The van der Waals surface area contributed by atoms with Crippen LogP contribution >= 0.6 is 0 Å². The van der Waals surface area contributed by atoms with E-state index in [-0.39, 0.29) is 19.4 Å². The zero-order valence-electron chi connectivity index (χ0n) is 28.2. The van der Waals surface area contributed by atoms with Gasteiger partial charge in [-0.1, -0.05) is 68.4 Å². The second kappa shape index (κ2) is 14.7. The molecule has 3 N–H and O–H groups in total. The summed E-state index contributed by atoms with van der Waals surface area (Å²) in [5.74, 6) is -3.22. The van der Waals surface area contributed by atoms with Crippen LogP contribution in [0.1, 0.15) is 60.5 Å². The Morgan fingerprint density at radius 1 is 1.06 bits per heavy atom. The number of hydrogen-bond acceptors (Lipinski definition) is 7. The highest BCUT2D eigenvalue weighted by molar-refractivity contribution is 5.95. The number of hydrogen-bond donors (Lipinski definition) is 3. The Kier molecular flexibility index (Phi) is 11.5. The van der Waals surface area contributed by atoms with E-state index in [1.807, 2.05) is 36.4 Å². The average Bonchev–Trinajstić information content (AvgIpc) is 3.41. The summed E-state index contributed by atoms with van der Waals surface area (Å²) < 4.78 is 5.36. The number of fused-ring (bicyclic) bond motifs is 1. The number of ether oxygens (including phenoxy) is 1. The van der Waals surface area contributed by atoms with E-state index in [0.29, 0.717) is 5.56 Å². The molecular weight excluding hydrogens is 606 g/mol. The maximum atomic E-state index is 14.1. The van der Waals surface area contributed by atoms with E-state index in [1.54, 1.807) is 47.6 Å². The van der Waals surface area contributed by atoms with Crippen molar-refractivity contribution in [2.75, 3.05) is 13.6 Å². The van der Waals surface area contributed by atoms with Gasteiger partial charge in [0.15, 0.2) is 0 Å². The lowest BCUT2D eigenvalue weighted by molar-refractivity contribution is -0.146. The Balaban J connectivity index is 1.83. The number of likely N-dealkylation sites (N-methyl/N-ethyl adjacent to an activating group) is 1. The van der Waals surface area contributed by atoms with Gasteiger partial charge in [0.2, 0.25) is 17.7 Å². The van der Waals surface area contributed by atoms with Gasteiger partial charge in [-0.05, 0) is 61.4 Å². The van der Waals surface area contributed by atoms with Crippen LogP contribution in [0.2, 0.25) is 0 Å². The SMILES string of the molecule is C[C@@H](C(=O)N[C@H](C(=O)N1C[C@@H](N=[N+]=[N-])C[C@H]1C(=O)NC(Cc1ccc2ccccc2c1)C(=O)O)C(C)(C)C)N(C)C(=O)OC(C)(C)C. The third-order valence-electron chi connectivity index (χ3n) is 7.99. The van der Waals surface area contributed by atoms with E-state index in [4.69, 9.17) is 10.3 Å². The fourth-order valence-corrected chi connectivity index (χ4v) is 5.28. The Morgan fingerprint density at radius 3 is 2.28 bits per heavy atom. The summed E-state index contributed by atoms with van der Waals surface area (Å²) in [6.07, 6.45) is -0.758. The fourth-order valence-electron chi connectivity index (χ4n) is 5.28. The lowest BCUT2D eigenvalue weighted by atomic mass is 9.85. The number of likely N-dealkylation sites (tertiary alicyclic amines) is 1. The van der Waals surface area contributed by atoms with E-state index in [2.05, 4.69) is 20.7 Å². The van der Waals surface area contributed by atoms with Crippen LogP contribution in [0, 0.1) is 5.41 Å². The number of nitrogens with zero attached hydrogens (tertiary/aromatic N) is 5. The van der Waals surface area contributed by atoms with Gasteiger partial charge in [-0.15, -0.1) is 0 Å². The summed E-state index contributed by atoms with van der Waals surface area (Å²) in [5, 5.41) is 20.9. The lowest BCUT2D eigenvalue weighted by Crippen LogP contribution is -2.60. The molecule has 5 atom stereocenters. The van der Waals surface area contributed by atoms with Crippen molar-refractivity contribution >= 4 is 40.6 Å². The van der Waals surface area contributed by atoms with Gasteiger partial charge in [0.05, 0.1) is 6.04 Å². The van der Waals surface area contributed by atoms with Crippen LogP contribution in [0.4, 0.5) is 4.79 Å². The zero-order chi connectivity index (χ0) is 35.3. The molecule has 0 spiro atoms. The van der Waals surface area contributed by atoms with Crippen LogP contribution < -0.4 is 10.6 Å². The third-order valence-corrected chi connectivity index (χ3v) is 7.99. The van der Waals surface area contributed by atoms with E-state index in [1.165, 1.54) is 18.9 Å². The molecule has 1 saturated heterocycles. The molecule has 0 aromatic heterocycles. The Morgan fingerprint density at radius 2 is 1.70 bits per heavy atom. The van der Waals surface area contributed by atoms with Gasteiger partial charge in [0.25, 0.3) is 0 Å². The number of carbonyl (C=O) groups excluding carboxylic acids is 4. The molecule has 1 aliphatic heterocycles. The number of carbonyl (C=O) groups is 5. The smallest absolute Gasteiger partial charge is 0.410 e. The number of amides is 4. The summed E-state index contributed by atoms with van der Waals surface area (Å²) in [7, 11) is 1.41. The van der Waals surface area contributed by atoms with Gasteiger partial charge < -0.3 is 25.4 Å². The van der Waals surface area contributed by atoms with Gasteiger partial charge >= 0.3 is 12.1 Å². The minimum atomic E-state index is -1.30. The molecule has 0 radical (unpaired) electrons. The average molecular weight is 652 g/mol. The number of nitrogens with one attached hydrogen (secondary N) is 2. The van der Waals surface area contributed by atoms with Crippen LogP contribution in [0.5, 0.6) is 0 Å². The Labute approximate surface area is 274 Å². The molecule has 0 bridgehead atoms. The summed E-state index contributed by atoms with van der Waals surface area (Å²) in [5.41, 5.74) is 8.16. The van der Waals surface area contributed by atoms with Crippen molar-refractivity contribution < 1.29 is 33.8 Å². The van der Waals surface area contributed by atoms with Gasteiger partial charge in [0, 0.05) is 24.9 Å². The molecule has 2 aromatic carbocycles. The summed E-state index contributed by atoms with van der Waals surface area (Å²) in [6, 6.07) is 7.77. The highest BCUT2D eigenvalue weighted by atomic mass is 16.6. The number of rotatable bonds is 10. The first-order valence-electron chi connectivity index (χ1n) is 15.4. The third kappa shape index (κ3) is 9.58. The molecule has 2 aromatic rings. The van der Waals surface area contributed by atoms with Gasteiger partial charge in [0.1, 0.15) is 29.8 Å². The van der Waals surface area contributed by atoms with Crippen LogP contribution in [0.3, 0.4) is 0 Å². The predicted molar refractivity (Wildman–Crippen MR) is 175 cm³/mol. The van der Waals surface area contributed by atoms with Gasteiger partial charge in [-0.25, -0.2) is 9.59 Å². The topological polar surface area (TPSA) is 194 Å². The molecule has 1 aliphatic rings. The van der Waals surface area contributed by atoms with E-state index >= 15 is 0 Å². The fraction of sp³-hybridized carbons (Fsp3) is 0.545. The number of carboxylic acids is 1. The molecule has 1 unspecified atom stereocenters. The molecule has 3 rings (SSSR count). The van der Waals surface area contributed by atoms with Crippen LogP contribution in [-0.4, -0.2) is 94.1 Å². The number of carboxylic acid groups (broad SMARTS) is 1. The quantitative estimate of drug-likeness (QED) is 0.196. The van der Waals surface area contributed by atoms with Gasteiger partial charge in [-0.2, -0.15) is 0 Å². The zero-order valence-corrected chi connectivity index (χ0v) is 28.2. The van der Waals surface area contributed by atoms with Crippen molar-refractivity contribution in [2.24, 2.45) is 10.5 Å². The molecule has 4 amide bonds. The van der Waals surface area contributed by atoms with Crippen LogP contribution in [0.15, 0.2) is 47.6 Å². The first kappa shape index (κ1) is 36.6. The Hall–Kier alpha value is -4.84. The minimum Gasteiger partial charge on any atom is -0.480 e.